The fourth-order valence-corrected chi connectivity index (χ4v) is 4.92. The molecule has 0 aromatic heterocycles. The van der Waals surface area contributed by atoms with Crippen molar-refractivity contribution < 1.29 is 23.8 Å². The van der Waals surface area contributed by atoms with Crippen molar-refractivity contribution in [3.05, 3.63) is 48.3 Å². The lowest BCUT2D eigenvalue weighted by molar-refractivity contribution is -0.161. The molecule has 25 heavy (non-hydrogen) atoms. The second-order valence-electron chi connectivity index (χ2n) is 6.90. The third-order valence-corrected chi connectivity index (χ3v) is 5.87. The fourth-order valence-electron chi connectivity index (χ4n) is 4.92. The lowest BCUT2D eigenvalue weighted by Crippen LogP contribution is -2.63. The molecule has 2 aliphatic carbocycles. The minimum atomic E-state index is -0.784. The van der Waals surface area contributed by atoms with Gasteiger partial charge in [-0.15, -0.1) is 6.58 Å². The molecule has 1 fully saturated rings. The van der Waals surface area contributed by atoms with Crippen LogP contribution in [0.1, 0.15) is 24.8 Å². The summed E-state index contributed by atoms with van der Waals surface area (Å²) >= 11 is 0. The molecule has 0 radical (unpaired) electrons. The summed E-state index contributed by atoms with van der Waals surface area (Å²) in [6.45, 7) is 6.04. The number of ether oxygens (including phenoxy) is 3. The van der Waals surface area contributed by atoms with Crippen LogP contribution in [0.2, 0.25) is 0 Å². The normalized spacial score (nSPS) is 32.6. The van der Waals surface area contributed by atoms with Crippen LogP contribution in [-0.4, -0.2) is 25.5 Å². The summed E-state index contributed by atoms with van der Waals surface area (Å²) in [5.41, 5.74) is 0.207. The molecule has 5 heteroatoms. The van der Waals surface area contributed by atoms with E-state index in [2.05, 4.69) is 6.58 Å². The Bertz CT molecular complexity index is 808. The summed E-state index contributed by atoms with van der Waals surface area (Å²) in [5.74, 6) is 0.969. The summed E-state index contributed by atoms with van der Waals surface area (Å²) in [6, 6.07) is 5.76. The van der Waals surface area contributed by atoms with Crippen LogP contribution in [0.4, 0.5) is 0 Å². The molecule has 1 heterocycles. The smallest absolute Gasteiger partial charge is 0.231 e. The molecule has 0 saturated heterocycles. The molecule has 0 amide bonds. The van der Waals surface area contributed by atoms with Gasteiger partial charge in [0.1, 0.15) is 0 Å². The third-order valence-electron chi connectivity index (χ3n) is 5.87. The summed E-state index contributed by atoms with van der Waals surface area (Å²) in [4.78, 5) is 25.8. The largest absolute Gasteiger partial charge is 0.493 e. The molecule has 0 N–H and O–H groups in total. The van der Waals surface area contributed by atoms with E-state index in [4.69, 9.17) is 14.2 Å². The van der Waals surface area contributed by atoms with E-state index in [1.807, 2.05) is 25.1 Å². The molecule has 4 atom stereocenters. The Kier molecular flexibility index (Phi) is 3.49. The highest BCUT2D eigenvalue weighted by atomic mass is 16.7. The maximum atomic E-state index is 13.0. The zero-order valence-corrected chi connectivity index (χ0v) is 14.3. The van der Waals surface area contributed by atoms with Gasteiger partial charge in [-0.1, -0.05) is 19.1 Å². The third kappa shape index (κ3) is 1.95. The van der Waals surface area contributed by atoms with Gasteiger partial charge in [-0.05, 0) is 30.0 Å². The van der Waals surface area contributed by atoms with E-state index in [9.17, 15) is 9.59 Å². The van der Waals surface area contributed by atoms with E-state index in [1.54, 1.807) is 6.08 Å². The summed E-state index contributed by atoms with van der Waals surface area (Å²) in [6.07, 6.45) is 3.54. The molecule has 1 saturated carbocycles. The number of allylic oxidation sites excluding steroid dienone is 3. The fraction of sp³-hybridized carbons (Fsp3) is 0.400. The number of methoxy groups -OCH3 is 1. The van der Waals surface area contributed by atoms with E-state index >= 15 is 0 Å². The van der Waals surface area contributed by atoms with Crippen LogP contribution in [0.25, 0.3) is 0 Å². The van der Waals surface area contributed by atoms with Gasteiger partial charge in [-0.2, -0.15) is 0 Å². The lowest BCUT2D eigenvalue weighted by atomic mass is 9.40. The van der Waals surface area contributed by atoms with Crippen molar-refractivity contribution in [2.24, 2.45) is 17.3 Å². The van der Waals surface area contributed by atoms with E-state index in [0.29, 0.717) is 17.9 Å². The van der Waals surface area contributed by atoms with Crippen LogP contribution < -0.4 is 9.47 Å². The van der Waals surface area contributed by atoms with Crippen molar-refractivity contribution >= 4 is 11.6 Å². The first-order valence-corrected chi connectivity index (χ1v) is 8.39. The van der Waals surface area contributed by atoms with Crippen molar-refractivity contribution in [3.8, 4) is 11.5 Å². The predicted octanol–water partition coefficient (Wildman–Crippen LogP) is 3.01. The van der Waals surface area contributed by atoms with Gasteiger partial charge in [-0.3, -0.25) is 9.59 Å². The van der Waals surface area contributed by atoms with Gasteiger partial charge in [0.2, 0.25) is 12.6 Å². The molecule has 0 spiro atoms. The second-order valence-corrected chi connectivity index (χ2v) is 6.90. The first kappa shape index (κ1) is 15.9. The van der Waals surface area contributed by atoms with E-state index in [0.717, 1.165) is 5.56 Å². The topological polar surface area (TPSA) is 61.8 Å². The van der Waals surface area contributed by atoms with Gasteiger partial charge in [0, 0.05) is 17.9 Å². The number of benzene rings is 1. The van der Waals surface area contributed by atoms with Gasteiger partial charge >= 0.3 is 0 Å². The Labute approximate surface area is 146 Å². The Morgan fingerprint density at radius 1 is 1.28 bits per heavy atom. The number of hydrogen-bond acceptors (Lipinski definition) is 5. The molecule has 5 nitrogen and oxygen atoms in total. The highest BCUT2D eigenvalue weighted by Crippen LogP contribution is 2.66. The molecular weight excluding hydrogens is 320 g/mol. The van der Waals surface area contributed by atoms with Gasteiger partial charge in [0.25, 0.3) is 0 Å². The zero-order valence-electron chi connectivity index (χ0n) is 14.3. The zero-order chi connectivity index (χ0) is 17.8. The molecule has 4 rings (SSSR count). The average molecular weight is 340 g/mol. The lowest BCUT2D eigenvalue weighted by Gasteiger charge is -2.60. The molecule has 130 valence electrons. The van der Waals surface area contributed by atoms with Gasteiger partial charge < -0.3 is 14.2 Å². The van der Waals surface area contributed by atoms with Gasteiger partial charge in [0.15, 0.2) is 23.0 Å². The summed E-state index contributed by atoms with van der Waals surface area (Å²) in [7, 11) is 1.43. The Morgan fingerprint density at radius 3 is 2.76 bits per heavy atom. The van der Waals surface area contributed by atoms with Crippen LogP contribution in [0.15, 0.2) is 42.7 Å². The van der Waals surface area contributed by atoms with Crippen LogP contribution in [-0.2, 0) is 14.3 Å². The van der Waals surface area contributed by atoms with Crippen LogP contribution >= 0.6 is 0 Å². The predicted molar refractivity (Wildman–Crippen MR) is 90.3 cm³/mol. The molecular formula is C20H20O5. The second kappa shape index (κ2) is 5.48. The summed E-state index contributed by atoms with van der Waals surface area (Å²) in [5, 5.41) is 0. The van der Waals surface area contributed by atoms with Crippen molar-refractivity contribution in [1.29, 1.82) is 0 Å². The number of fused-ring (bicyclic) bond motifs is 2. The maximum Gasteiger partial charge on any atom is 0.231 e. The van der Waals surface area contributed by atoms with E-state index in [1.165, 1.54) is 13.2 Å². The Morgan fingerprint density at radius 2 is 2.04 bits per heavy atom. The number of Topliss-reactive ketones (excluding diaryl/α,β-unsaturated/α-hetero) is 1. The van der Waals surface area contributed by atoms with Crippen molar-refractivity contribution in [3.63, 3.8) is 0 Å². The molecule has 1 aromatic carbocycles. The number of ketones is 2. The highest BCUT2D eigenvalue weighted by Gasteiger charge is 2.67. The maximum absolute atomic E-state index is 13.0. The first-order chi connectivity index (χ1) is 12.0. The van der Waals surface area contributed by atoms with Crippen LogP contribution in [0.3, 0.4) is 0 Å². The molecule has 0 bridgehead atoms. The number of carbonyl (C=O) groups is 2. The monoisotopic (exact) mass is 340 g/mol. The summed E-state index contributed by atoms with van der Waals surface area (Å²) < 4.78 is 16.0. The quantitative estimate of drug-likeness (QED) is 0.789. The number of hydrogen-bond donors (Lipinski definition) is 0. The number of carbonyl (C=O) groups excluding carboxylic acids is 2. The Hall–Kier alpha value is -2.56. The van der Waals surface area contributed by atoms with Gasteiger partial charge in [0.05, 0.1) is 12.5 Å². The minimum absolute atomic E-state index is 0.0237. The highest BCUT2D eigenvalue weighted by molar-refractivity contribution is 6.13. The average Bonchev–Trinajstić information content (AvgIpc) is 3.05. The van der Waals surface area contributed by atoms with E-state index in [-0.39, 0.29) is 41.9 Å². The minimum Gasteiger partial charge on any atom is -0.493 e. The van der Waals surface area contributed by atoms with E-state index < -0.39 is 5.41 Å². The van der Waals surface area contributed by atoms with Crippen molar-refractivity contribution in [1.82, 2.24) is 0 Å². The molecule has 3 aliphatic rings. The first-order valence-electron chi connectivity index (χ1n) is 8.39. The Balaban J connectivity index is 1.81. The molecule has 1 aromatic rings. The van der Waals surface area contributed by atoms with Crippen LogP contribution in [0.5, 0.6) is 11.5 Å². The standard InChI is InChI=1S/C20H20O5/c1-4-7-20-16(21)9-15(23-3)19(22)18(20)11(2)17(20)12-5-6-13-14(8-12)25-10-24-13/h4-6,8-9,11,17-18H,1,7,10H2,2-3H3/t11-,17+,18?,20+/m0/s1. The van der Waals surface area contributed by atoms with Crippen molar-refractivity contribution in [2.75, 3.05) is 13.9 Å². The number of rotatable bonds is 4. The van der Waals surface area contributed by atoms with Crippen LogP contribution in [0, 0.1) is 17.3 Å². The molecule has 1 unspecified atom stereocenters. The molecule has 1 aliphatic heterocycles. The van der Waals surface area contributed by atoms with Gasteiger partial charge in [-0.25, -0.2) is 0 Å². The SMILES string of the molecule is C=CC[C@]12C(=O)C=C(OC)C(=O)C1[C@@H](C)[C@@H]2c1ccc2c(c1)OCO2. The van der Waals surface area contributed by atoms with Crippen molar-refractivity contribution in [2.45, 2.75) is 19.3 Å².